The number of pyridine rings is 1. The summed E-state index contributed by atoms with van der Waals surface area (Å²) in [6, 6.07) is 9.59. The average molecular weight is 398 g/mol. The summed E-state index contributed by atoms with van der Waals surface area (Å²) in [6.07, 6.45) is 4.35. The molecule has 1 N–H and O–H groups in total. The Morgan fingerprint density at radius 3 is 2.43 bits per heavy atom. The lowest BCUT2D eigenvalue weighted by molar-refractivity contribution is 0.101. The Labute approximate surface area is 162 Å². The van der Waals surface area contributed by atoms with Gasteiger partial charge in [-0.25, -0.2) is 13.4 Å². The van der Waals surface area contributed by atoms with Crippen LogP contribution in [0.3, 0.4) is 0 Å². The van der Waals surface area contributed by atoms with Crippen molar-refractivity contribution in [1.29, 1.82) is 0 Å². The number of hydrogen-bond donors (Lipinski definition) is 1. The molecule has 0 aliphatic rings. The average Bonchev–Trinajstić information content (AvgIpc) is 2.69. The van der Waals surface area contributed by atoms with Crippen LogP contribution in [-0.4, -0.2) is 36.3 Å². The van der Waals surface area contributed by atoms with Crippen LogP contribution in [0.5, 0.6) is 0 Å². The summed E-state index contributed by atoms with van der Waals surface area (Å²) in [7, 11) is -2.51. The fourth-order valence-electron chi connectivity index (χ4n) is 2.56. The number of Topliss-reactive ketones (excluding diaryl/α,β-unsaturated/α-hetero) is 1. The molecule has 0 radical (unpaired) electrons. The molecule has 0 amide bonds. The Bertz CT molecular complexity index is 1100. The minimum atomic E-state index is -4.00. The van der Waals surface area contributed by atoms with Gasteiger partial charge in [0.1, 0.15) is 10.6 Å². The minimum Gasteiger partial charge on any atom is -0.378 e. The summed E-state index contributed by atoms with van der Waals surface area (Å²) in [4.78, 5) is 23.8. The van der Waals surface area contributed by atoms with Crippen LogP contribution in [0.15, 0.2) is 59.9 Å². The molecule has 0 aliphatic carbocycles. The molecule has 0 bridgehead atoms. The van der Waals surface area contributed by atoms with E-state index in [1.54, 1.807) is 24.3 Å². The Kier molecular flexibility index (Phi) is 5.76. The molecule has 0 spiro atoms. The first-order chi connectivity index (χ1) is 13.4. The predicted octanol–water partition coefficient (Wildman–Crippen LogP) is 2.69. The van der Waals surface area contributed by atoms with Gasteiger partial charge in [0.25, 0.3) is 10.0 Å². The number of aromatic nitrogens is 3. The summed E-state index contributed by atoms with van der Waals surface area (Å²) in [6.45, 7) is 1.58. The van der Waals surface area contributed by atoms with E-state index in [1.165, 1.54) is 44.8 Å². The lowest BCUT2D eigenvalue weighted by Gasteiger charge is -2.13. The number of ketones is 1. The zero-order chi connectivity index (χ0) is 20.1. The van der Waals surface area contributed by atoms with E-state index in [-0.39, 0.29) is 28.8 Å². The van der Waals surface area contributed by atoms with Gasteiger partial charge in [-0.1, -0.05) is 24.3 Å². The number of nitrogens with one attached hydrogen (secondary N) is 1. The van der Waals surface area contributed by atoms with Crippen molar-refractivity contribution in [3.05, 3.63) is 66.2 Å². The highest BCUT2D eigenvalue weighted by atomic mass is 32.2. The number of nitrogens with zero attached hydrogens (tertiary/aromatic N) is 3. The van der Waals surface area contributed by atoms with Crippen molar-refractivity contribution in [2.75, 3.05) is 11.8 Å². The molecule has 2 heterocycles. The molecule has 0 unspecified atom stereocenters. The SMILES string of the molecule is COCc1nccnc1NS(=O)(=O)c1cccnc1-c1ccc(C(C)=O)cc1. The number of rotatable bonds is 7. The number of carbonyl (C=O) groups is 1. The van der Waals surface area contributed by atoms with Crippen LogP contribution < -0.4 is 4.72 Å². The van der Waals surface area contributed by atoms with Gasteiger partial charge in [0.2, 0.25) is 0 Å². The van der Waals surface area contributed by atoms with Gasteiger partial charge in [-0.15, -0.1) is 0 Å². The molecule has 3 aromatic rings. The molecule has 3 rings (SSSR count). The van der Waals surface area contributed by atoms with E-state index in [4.69, 9.17) is 4.74 Å². The molecule has 0 saturated carbocycles. The maximum atomic E-state index is 13.0. The number of ether oxygens (including phenoxy) is 1. The first-order valence-electron chi connectivity index (χ1n) is 8.30. The fraction of sp³-hybridized carbons (Fsp3) is 0.158. The van der Waals surface area contributed by atoms with Gasteiger partial charge >= 0.3 is 0 Å². The second-order valence-corrected chi connectivity index (χ2v) is 7.52. The Hall–Kier alpha value is -3.17. The van der Waals surface area contributed by atoms with Crippen molar-refractivity contribution >= 4 is 21.6 Å². The molecule has 1 aromatic carbocycles. The third-order valence-corrected chi connectivity index (χ3v) is 5.28. The smallest absolute Gasteiger partial charge is 0.265 e. The highest BCUT2D eigenvalue weighted by Gasteiger charge is 2.22. The number of hydrogen-bond acceptors (Lipinski definition) is 7. The first kappa shape index (κ1) is 19.6. The van der Waals surface area contributed by atoms with Crippen molar-refractivity contribution < 1.29 is 17.9 Å². The number of benzene rings is 1. The zero-order valence-corrected chi connectivity index (χ0v) is 16.1. The standard InChI is InChI=1S/C19H18N4O4S/c1-13(24)14-5-7-15(8-6-14)18-17(4-3-9-21-18)28(25,26)23-19-16(12-27-2)20-10-11-22-19/h3-11H,12H2,1-2H3,(H,22,23). The monoisotopic (exact) mass is 398 g/mol. The number of anilines is 1. The molecule has 28 heavy (non-hydrogen) atoms. The van der Waals surface area contributed by atoms with E-state index < -0.39 is 10.0 Å². The largest absolute Gasteiger partial charge is 0.378 e. The van der Waals surface area contributed by atoms with Gasteiger partial charge in [0, 0.05) is 36.8 Å². The number of sulfonamides is 1. The van der Waals surface area contributed by atoms with Crippen molar-refractivity contribution in [3.63, 3.8) is 0 Å². The van der Waals surface area contributed by atoms with Gasteiger partial charge in [-0.05, 0) is 19.1 Å². The molecule has 9 heteroatoms. The van der Waals surface area contributed by atoms with Gasteiger partial charge in [0.15, 0.2) is 11.6 Å². The fourth-order valence-corrected chi connectivity index (χ4v) is 3.78. The van der Waals surface area contributed by atoms with E-state index in [2.05, 4.69) is 19.7 Å². The van der Waals surface area contributed by atoms with Crippen LogP contribution in [0, 0.1) is 0 Å². The van der Waals surface area contributed by atoms with E-state index in [0.29, 0.717) is 16.8 Å². The molecule has 8 nitrogen and oxygen atoms in total. The second-order valence-electron chi connectivity index (χ2n) is 5.87. The molecular weight excluding hydrogens is 380 g/mol. The van der Waals surface area contributed by atoms with Crippen LogP contribution in [0.25, 0.3) is 11.3 Å². The lowest BCUT2D eigenvalue weighted by Crippen LogP contribution is -2.17. The molecule has 144 valence electrons. The van der Waals surface area contributed by atoms with Crippen LogP contribution in [0.1, 0.15) is 23.0 Å². The van der Waals surface area contributed by atoms with Crippen LogP contribution in [-0.2, 0) is 21.4 Å². The third-order valence-electron chi connectivity index (χ3n) is 3.91. The molecule has 0 saturated heterocycles. The normalized spacial score (nSPS) is 11.2. The van der Waals surface area contributed by atoms with Crippen LogP contribution in [0.4, 0.5) is 5.82 Å². The third kappa shape index (κ3) is 4.21. The number of methoxy groups -OCH3 is 1. The summed E-state index contributed by atoms with van der Waals surface area (Å²) in [5.74, 6) is 0.0153. The molecular formula is C19H18N4O4S. The topological polar surface area (TPSA) is 111 Å². The number of carbonyl (C=O) groups excluding carboxylic acids is 1. The Morgan fingerprint density at radius 1 is 1.04 bits per heavy atom. The maximum Gasteiger partial charge on any atom is 0.265 e. The summed E-state index contributed by atoms with van der Waals surface area (Å²) in [5.41, 5.74) is 1.74. The van der Waals surface area contributed by atoms with Crippen molar-refractivity contribution in [2.45, 2.75) is 18.4 Å². The Morgan fingerprint density at radius 2 is 1.75 bits per heavy atom. The molecule has 0 aliphatic heterocycles. The molecule has 2 aromatic heterocycles. The first-order valence-corrected chi connectivity index (χ1v) is 9.78. The highest BCUT2D eigenvalue weighted by molar-refractivity contribution is 7.92. The molecule has 0 fully saturated rings. The van der Waals surface area contributed by atoms with Crippen molar-refractivity contribution in [2.24, 2.45) is 0 Å². The van der Waals surface area contributed by atoms with Crippen LogP contribution in [0.2, 0.25) is 0 Å². The summed E-state index contributed by atoms with van der Waals surface area (Å²) < 4.78 is 33.5. The van der Waals surface area contributed by atoms with Gasteiger partial charge < -0.3 is 4.74 Å². The Balaban J connectivity index is 2.01. The van der Waals surface area contributed by atoms with Crippen molar-refractivity contribution in [3.8, 4) is 11.3 Å². The van der Waals surface area contributed by atoms with Gasteiger partial charge in [-0.3, -0.25) is 19.5 Å². The van der Waals surface area contributed by atoms with E-state index >= 15 is 0 Å². The lowest BCUT2D eigenvalue weighted by atomic mass is 10.1. The predicted molar refractivity (Wildman–Crippen MR) is 103 cm³/mol. The quantitative estimate of drug-likeness (QED) is 0.609. The second kappa shape index (κ2) is 8.24. The highest BCUT2D eigenvalue weighted by Crippen LogP contribution is 2.27. The van der Waals surface area contributed by atoms with E-state index in [0.717, 1.165) is 0 Å². The molecule has 0 atom stereocenters. The summed E-state index contributed by atoms with van der Waals surface area (Å²) in [5, 5.41) is 0. The minimum absolute atomic E-state index is 0.0143. The summed E-state index contributed by atoms with van der Waals surface area (Å²) >= 11 is 0. The van der Waals surface area contributed by atoms with E-state index in [9.17, 15) is 13.2 Å². The zero-order valence-electron chi connectivity index (χ0n) is 15.3. The maximum absolute atomic E-state index is 13.0. The van der Waals surface area contributed by atoms with Gasteiger partial charge in [0.05, 0.1) is 12.3 Å². The van der Waals surface area contributed by atoms with Crippen molar-refractivity contribution in [1.82, 2.24) is 15.0 Å². The van der Waals surface area contributed by atoms with E-state index in [1.807, 2.05) is 0 Å². The van der Waals surface area contributed by atoms with Gasteiger partial charge in [-0.2, -0.15) is 0 Å². The van der Waals surface area contributed by atoms with Crippen LogP contribution >= 0.6 is 0 Å².